The Hall–Kier alpha value is -1.26. The van der Waals surface area contributed by atoms with Crippen molar-refractivity contribution in [1.82, 2.24) is 0 Å². The maximum absolute atomic E-state index is 13.0. The Morgan fingerprint density at radius 3 is 1.93 bits per heavy atom. The molecule has 0 bridgehead atoms. The van der Waals surface area contributed by atoms with Crippen LogP contribution in [0.25, 0.3) is 0 Å². The molecule has 0 N–H and O–H groups in total. The minimum absolute atomic E-state index is 0.0777. The van der Waals surface area contributed by atoms with Crippen LogP contribution in [0, 0.1) is 17.8 Å². The number of hydrogen-bond donors (Lipinski definition) is 0. The van der Waals surface area contributed by atoms with Gasteiger partial charge in [0.05, 0.1) is 0 Å². The summed E-state index contributed by atoms with van der Waals surface area (Å²) in [5, 5.41) is 0. The highest BCUT2D eigenvalue weighted by Crippen LogP contribution is 2.44. The molecule has 2 aliphatic rings. The van der Waals surface area contributed by atoms with Gasteiger partial charge in [0, 0.05) is 0 Å². The fraction of sp³-hybridized carbons (Fsp3) is 0.739. The van der Waals surface area contributed by atoms with E-state index < -0.39 is 12.5 Å². The highest BCUT2D eigenvalue weighted by atomic mass is 19.4. The van der Waals surface area contributed by atoms with E-state index in [0.29, 0.717) is 5.92 Å². The van der Waals surface area contributed by atoms with Crippen LogP contribution < -0.4 is 4.74 Å². The summed E-state index contributed by atoms with van der Waals surface area (Å²) in [6.45, 7) is 2.28. The van der Waals surface area contributed by atoms with Gasteiger partial charge in [0.2, 0.25) is 0 Å². The molecule has 28 heavy (non-hydrogen) atoms. The molecular weight excluding hydrogens is 368 g/mol. The van der Waals surface area contributed by atoms with Crippen molar-refractivity contribution in [3.05, 3.63) is 29.8 Å². The second-order valence-corrected chi connectivity index (χ2v) is 8.73. The molecule has 0 saturated heterocycles. The number of benzene rings is 1. The highest BCUT2D eigenvalue weighted by Gasteiger charge is 2.42. The van der Waals surface area contributed by atoms with Crippen molar-refractivity contribution in [1.29, 1.82) is 0 Å². The number of hydrogen-bond acceptors (Lipinski definition) is 1. The predicted molar refractivity (Wildman–Crippen MR) is 103 cm³/mol. The molecule has 5 heteroatoms. The zero-order valence-electron chi connectivity index (χ0n) is 16.7. The maximum Gasteiger partial charge on any atom is 0.457 e. The van der Waals surface area contributed by atoms with Gasteiger partial charge in [0.15, 0.2) is 0 Å². The summed E-state index contributed by atoms with van der Waals surface area (Å²) in [6, 6.07) is 6.49. The van der Waals surface area contributed by atoms with Crippen LogP contribution in [0.5, 0.6) is 5.75 Å². The summed E-state index contributed by atoms with van der Waals surface area (Å²) in [7, 11) is 0. The molecule has 0 radical (unpaired) electrons. The third-order valence-corrected chi connectivity index (χ3v) is 6.88. The minimum atomic E-state index is -4.99. The smallest absolute Gasteiger partial charge is 0.452 e. The van der Waals surface area contributed by atoms with Gasteiger partial charge < -0.3 is 4.74 Å². The van der Waals surface area contributed by atoms with E-state index in [2.05, 4.69) is 11.7 Å². The van der Waals surface area contributed by atoms with Crippen molar-refractivity contribution in [3.63, 3.8) is 0 Å². The molecule has 0 aromatic heterocycles. The molecule has 0 amide bonds. The van der Waals surface area contributed by atoms with E-state index in [-0.39, 0.29) is 5.75 Å². The van der Waals surface area contributed by atoms with Gasteiger partial charge in [-0.25, -0.2) is 0 Å². The maximum atomic E-state index is 13.0. The third kappa shape index (κ3) is 5.64. The first-order valence-electron chi connectivity index (χ1n) is 10.8. The summed E-state index contributed by atoms with van der Waals surface area (Å²) in [5.41, 5.74) is 1.12. The summed E-state index contributed by atoms with van der Waals surface area (Å²) < 4.78 is 54.1. The van der Waals surface area contributed by atoms with Crippen LogP contribution >= 0.6 is 0 Å². The van der Waals surface area contributed by atoms with Gasteiger partial charge >= 0.3 is 12.5 Å². The summed E-state index contributed by atoms with van der Waals surface area (Å²) in [6.07, 6.45) is 4.72. The third-order valence-electron chi connectivity index (χ3n) is 6.88. The summed E-state index contributed by atoms with van der Waals surface area (Å²) in [5.74, 6) is 3.03. The Kier molecular flexibility index (Phi) is 7.27. The normalized spacial score (nSPS) is 30.0. The van der Waals surface area contributed by atoms with Crippen LogP contribution in [0.2, 0.25) is 0 Å². The molecule has 3 rings (SSSR count). The predicted octanol–water partition coefficient (Wildman–Crippen LogP) is 7.80. The molecule has 158 valence electrons. The lowest BCUT2D eigenvalue weighted by Gasteiger charge is -2.38. The van der Waals surface area contributed by atoms with Crippen molar-refractivity contribution in [2.75, 3.05) is 0 Å². The van der Waals surface area contributed by atoms with E-state index in [1.165, 1.54) is 63.5 Å². The number of alkyl halides is 4. The molecule has 0 aliphatic heterocycles. The molecule has 1 nitrogen and oxygen atoms in total. The number of halogens is 4. The van der Waals surface area contributed by atoms with E-state index in [4.69, 9.17) is 0 Å². The van der Waals surface area contributed by atoms with Gasteiger partial charge in [0.1, 0.15) is 5.75 Å². The Labute approximate surface area is 165 Å². The first-order valence-corrected chi connectivity index (χ1v) is 10.8. The molecule has 2 aliphatic carbocycles. The van der Waals surface area contributed by atoms with E-state index in [1.807, 2.05) is 0 Å². The first-order chi connectivity index (χ1) is 13.4. The minimum Gasteiger partial charge on any atom is -0.452 e. The van der Waals surface area contributed by atoms with Crippen LogP contribution in [0.4, 0.5) is 17.6 Å². The largest absolute Gasteiger partial charge is 0.457 e. The van der Waals surface area contributed by atoms with E-state index in [9.17, 15) is 17.6 Å². The standard InChI is InChI=1S/C23H32F4O/c1-2-3-16-4-6-17(7-5-16)18-8-10-19(11-9-18)20-12-14-21(15-13-20)28-22(24)23(25,26)27/h12-19,22H,2-11H2,1H3/t16-,17-,18-,19-,22?. The van der Waals surface area contributed by atoms with Crippen molar-refractivity contribution >= 4 is 0 Å². The van der Waals surface area contributed by atoms with Crippen LogP contribution in [-0.2, 0) is 0 Å². The van der Waals surface area contributed by atoms with E-state index in [0.717, 1.165) is 36.2 Å². The fourth-order valence-corrected chi connectivity index (χ4v) is 5.29. The van der Waals surface area contributed by atoms with E-state index in [1.54, 1.807) is 12.1 Å². The lowest BCUT2D eigenvalue weighted by atomic mass is 9.68. The molecule has 2 saturated carbocycles. The van der Waals surface area contributed by atoms with Crippen LogP contribution in [0.15, 0.2) is 24.3 Å². The first kappa shape index (κ1) is 21.4. The van der Waals surface area contributed by atoms with Gasteiger partial charge in [-0.3, -0.25) is 0 Å². The molecule has 2 fully saturated rings. The topological polar surface area (TPSA) is 9.23 Å². The van der Waals surface area contributed by atoms with Gasteiger partial charge in [0.25, 0.3) is 0 Å². The SMILES string of the molecule is CCC[C@H]1CC[C@H]([C@H]2CC[C@H](c3ccc(OC(F)C(F)(F)F)cc3)CC2)CC1. The summed E-state index contributed by atoms with van der Waals surface area (Å²) >= 11 is 0. The van der Waals surface area contributed by atoms with Crippen molar-refractivity contribution in [2.45, 2.75) is 89.6 Å². The number of ether oxygens (including phenoxy) is 1. The van der Waals surface area contributed by atoms with E-state index >= 15 is 0 Å². The average molecular weight is 401 g/mol. The lowest BCUT2D eigenvalue weighted by Crippen LogP contribution is -2.29. The molecular formula is C23H32F4O. The molecule has 1 atom stereocenters. The van der Waals surface area contributed by atoms with Crippen LogP contribution in [0.1, 0.15) is 82.6 Å². The number of rotatable bonds is 6. The average Bonchev–Trinajstić information content (AvgIpc) is 2.69. The van der Waals surface area contributed by atoms with Crippen LogP contribution in [0.3, 0.4) is 0 Å². The van der Waals surface area contributed by atoms with Gasteiger partial charge in [-0.1, -0.05) is 44.7 Å². The van der Waals surface area contributed by atoms with Gasteiger partial charge in [-0.2, -0.15) is 17.6 Å². The fourth-order valence-electron chi connectivity index (χ4n) is 5.29. The lowest BCUT2D eigenvalue weighted by molar-refractivity contribution is -0.236. The van der Waals surface area contributed by atoms with Gasteiger partial charge in [-0.15, -0.1) is 0 Å². The Bertz CT molecular complexity index is 582. The zero-order chi connectivity index (χ0) is 20.1. The second-order valence-electron chi connectivity index (χ2n) is 8.73. The summed E-state index contributed by atoms with van der Waals surface area (Å²) in [4.78, 5) is 0. The highest BCUT2D eigenvalue weighted by molar-refractivity contribution is 5.30. The van der Waals surface area contributed by atoms with Crippen molar-refractivity contribution < 1.29 is 22.3 Å². The van der Waals surface area contributed by atoms with Crippen molar-refractivity contribution in [3.8, 4) is 5.75 Å². The van der Waals surface area contributed by atoms with Gasteiger partial charge in [-0.05, 0) is 79.9 Å². The molecule has 1 aromatic rings. The molecule has 1 aromatic carbocycles. The molecule has 1 unspecified atom stereocenters. The molecule has 0 spiro atoms. The Morgan fingerprint density at radius 1 is 0.893 bits per heavy atom. The Morgan fingerprint density at radius 2 is 1.43 bits per heavy atom. The quantitative estimate of drug-likeness (QED) is 0.443. The Balaban J connectivity index is 1.46. The van der Waals surface area contributed by atoms with Crippen molar-refractivity contribution in [2.24, 2.45) is 17.8 Å². The molecule has 0 heterocycles. The second kappa shape index (κ2) is 9.49. The monoisotopic (exact) mass is 400 g/mol. The zero-order valence-corrected chi connectivity index (χ0v) is 16.7. The van der Waals surface area contributed by atoms with Crippen LogP contribution in [-0.4, -0.2) is 12.5 Å².